The number of hydrogen-bond acceptors (Lipinski definition) is 5. The molecule has 1 saturated heterocycles. The molecule has 2 aromatic carbocycles. The van der Waals surface area contributed by atoms with Crippen LogP contribution in [-0.2, 0) is 5.41 Å². The van der Waals surface area contributed by atoms with Crippen molar-refractivity contribution in [2.24, 2.45) is 5.92 Å². The highest BCUT2D eigenvalue weighted by Crippen LogP contribution is 2.62. The predicted molar refractivity (Wildman–Crippen MR) is 134 cm³/mol. The molecule has 2 saturated carbocycles. The standard InChI is InChI=1S/C28H34N4O3/c1-35-26-7-3-6-23(16-26)30-27(34)32(13-12-31-11-9-25(33)19-31)24-8-10-28(17-22(28)15-24)21-5-2-4-20(14-21)18-29/h2-7,14,16,22,24-25,33H,8-13,15,17,19H2,1H3,(H,30,34)/t22?,24?,25-,28-/m1/s1. The number of amides is 2. The summed E-state index contributed by atoms with van der Waals surface area (Å²) in [5.74, 6) is 1.25. The van der Waals surface area contributed by atoms with E-state index in [1.54, 1.807) is 7.11 Å². The van der Waals surface area contributed by atoms with E-state index in [4.69, 9.17) is 4.74 Å². The summed E-state index contributed by atoms with van der Waals surface area (Å²) < 4.78 is 5.31. The molecule has 1 heterocycles. The Kier molecular flexibility index (Phi) is 6.68. The summed E-state index contributed by atoms with van der Waals surface area (Å²) in [6, 6.07) is 17.9. The lowest BCUT2D eigenvalue weighted by atomic mass is 9.80. The topological polar surface area (TPSA) is 88.8 Å². The monoisotopic (exact) mass is 474 g/mol. The lowest BCUT2D eigenvalue weighted by Crippen LogP contribution is -2.48. The first kappa shape index (κ1) is 23.7. The molecule has 0 aromatic heterocycles. The van der Waals surface area contributed by atoms with Crippen LogP contribution in [0, 0.1) is 17.2 Å². The van der Waals surface area contributed by atoms with Gasteiger partial charge in [0, 0.05) is 44.0 Å². The quantitative estimate of drug-likeness (QED) is 0.634. The van der Waals surface area contributed by atoms with Crippen LogP contribution in [0.25, 0.3) is 0 Å². The molecule has 4 atom stereocenters. The van der Waals surface area contributed by atoms with Gasteiger partial charge < -0.3 is 20.1 Å². The van der Waals surface area contributed by atoms with Crippen molar-refractivity contribution in [3.8, 4) is 11.8 Å². The third kappa shape index (κ3) is 5.00. The molecule has 35 heavy (non-hydrogen) atoms. The number of anilines is 1. The summed E-state index contributed by atoms with van der Waals surface area (Å²) in [4.78, 5) is 17.8. The number of aliphatic hydroxyl groups is 1. The minimum atomic E-state index is -0.264. The van der Waals surface area contributed by atoms with Gasteiger partial charge in [-0.15, -0.1) is 0 Å². The molecule has 3 fully saturated rings. The Bertz CT molecular complexity index is 1120. The zero-order chi connectivity index (χ0) is 24.4. The normalized spacial score (nSPS) is 27.5. The first-order valence-corrected chi connectivity index (χ1v) is 12.6. The van der Waals surface area contributed by atoms with E-state index in [1.165, 1.54) is 5.56 Å². The average Bonchev–Trinajstić information content (AvgIpc) is 3.49. The molecule has 7 nitrogen and oxygen atoms in total. The number of likely N-dealkylation sites (tertiary alicyclic amines) is 1. The Balaban J connectivity index is 1.29. The SMILES string of the molecule is COc1cccc(NC(=O)N(CCN2CC[C@@H](O)C2)C2CC[C@]3(c4cccc(C#N)c4)CC3C2)c1. The van der Waals surface area contributed by atoms with Gasteiger partial charge in [-0.25, -0.2) is 4.79 Å². The van der Waals surface area contributed by atoms with E-state index in [1.807, 2.05) is 47.4 Å². The third-order valence-corrected chi connectivity index (χ3v) is 8.21. The van der Waals surface area contributed by atoms with Crippen molar-refractivity contribution in [2.75, 3.05) is 38.6 Å². The van der Waals surface area contributed by atoms with Crippen LogP contribution in [0.2, 0.25) is 0 Å². The second kappa shape index (κ2) is 9.88. The maximum atomic E-state index is 13.5. The first-order chi connectivity index (χ1) is 17.0. The number of rotatable bonds is 7. The molecule has 1 aliphatic heterocycles. The van der Waals surface area contributed by atoms with E-state index in [0.29, 0.717) is 24.8 Å². The van der Waals surface area contributed by atoms with Gasteiger partial charge in [0.05, 0.1) is 24.8 Å². The number of ether oxygens (including phenoxy) is 1. The molecule has 2 unspecified atom stereocenters. The van der Waals surface area contributed by atoms with Crippen LogP contribution in [0.5, 0.6) is 5.75 Å². The molecule has 7 heteroatoms. The largest absolute Gasteiger partial charge is 0.497 e. The minimum Gasteiger partial charge on any atom is -0.497 e. The lowest BCUT2D eigenvalue weighted by Gasteiger charge is -2.37. The van der Waals surface area contributed by atoms with Crippen molar-refractivity contribution in [1.29, 1.82) is 5.26 Å². The van der Waals surface area contributed by atoms with Gasteiger partial charge in [0.15, 0.2) is 0 Å². The maximum Gasteiger partial charge on any atom is 0.322 e. The number of hydrogen-bond donors (Lipinski definition) is 2. The lowest BCUT2D eigenvalue weighted by molar-refractivity contribution is 0.142. The fourth-order valence-corrected chi connectivity index (χ4v) is 6.16. The molecule has 184 valence electrons. The molecule has 2 aliphatic carbocycles. The van der Waals surface area contributed by atoms with Crippen molar-refractivity contribution in [3.05, 3.63) is 59.7 Å². The second-order valence-electron chi connectivity index (χ2n) is 10.3. The number of carbonyl (C=O) groups is 1. The predicted octanol–water partition coefficient (Wildman–Crippen LogP) is 3.98. The van der Waals surface area contributed by atoms with Crippen molar-refractivity contribution < 1.29 is 14.6 Å². The number of nitrogens with one attached hydrogen (secondary N) is 1. The molecule has 5 rings (SSSR count). The highest BCUT2D eigenvalue weighted by molar-refractivity contribution is 5.89. The molecular formula is C28H34N4O3. The molecule has 2 aromatic rings. The van der Waals surface area contributed by atoms with Crippen LogP contribution in [0.15, 0.2) is 48.5 Å². The molecule has 3 aliphatic rings. The average molecular weight is 475 g/mol. The van der Waals surface area contributed by atoms with Gasteiger partial charge >= 0.3 is 6.03 Å². The number of aliphatic hydroxyl groups excluding tert-OH is 1. The fraction of sp³-hybridized carbons (Fsp3) is 0.500. The number of nitrogens with zero attached hydrogens (tertiary/aromatic N) is 3. The zero-order valence-corrected chi connectivity index (χ0v) is 20.3. The Hall–Kier alpha value is -3.08. The Morgan fingerprint density at radius 1 is 1.29 bits per heavy atom. The number of methoxy groups -OCH3 is 1. The third-order valence-electron chi connectivity index (χ3n) is 8.21. The molecule has 0 radical (unpaired) electrons. The summed E-state index contributed by atoms with van der Waals surface area (Å²) in [6.07, 6.45) is 4.61. The van der Waals surface area contributed by atoms with Crippen LogP contribution in [-0.4, -0.2) is 66.4 Å². The summed E-state index contributed by atoms with van der Waals surface area (Å²) in [7, 11) is 1.62. The summed E-state index contributed by atoms with van der Waals surface area (Å²) in [6.45, 7) is 2.95. The molecular weight excluding hydrogens is 440 g/mol. The number of fused-ring (bicyclic) bond motifs is 1. The van der Waals surface area contributed by atoms with E-state index in [2.05, 4.69) is 22.4 Å². The van der Waals surface area contributed by atoms with Crippen LogP contribution in [0.1, 0.15) is 43.2 Å². The summed E-state index contributed by atoms with van der Waals surface area (Å²) >= 11 is 0. The van der Waals surface area contributed by atoms with E-state index in [-0.39, 0.29) is 23.6 Å². The molecule has 2 N–H and O–H groups in total. The summed E-state index contributed by atoms with van der Waals surface area (Å²) in [5, 5.41) is 22.3. The molecule has 0 spiro atoms. The van der Waals surface area contributed by atoms with Crippen LogP contribution in [0.4, 0.5) is 10.5 Å². The van der Waals surface area contributed by atoms with Gasteiger partial charge in [-0.3, -0.25) is 4.90 Å². The Labute approximate surface area is 207 Å². The van der Waals surface area contributed by atoms with Gasteiger partial charge in [-0.05, 0) is 73.3 Å². The van der Waals surface area contributed by atoms with E-state index in [0.717, 1.165) is 56.4 Å². The maximum absolute atomic E-state index is 13.5. The van der Waals surface area contributed by atoms with Crippen LogP contribution in [0.3, 0.4) is 0 Å². The zero-order valence-electron chi connectivity index (χ0n) is 20.3. The number of urea groups is 1. The highest BCUT2D eigenvalue weighted by atomic mass is 16.5. The van der Waals surface area contributed by atoms with E-state index < -0.39 is 0 Å². The van der Waals surface area contributed by atoms with E-state index >= 15 is 0 Å². The van der Waals surface area contributed by atoms with Crippen molar-refractivity contribution in [3.63, 3.8) is 0 Å². The van der Waals surface area contributed by atoms with Crippen molar-refractivity contribution in [2.45, 2.75) is 49.7 Å². The Morgan fingerprint density at radius 3 is 2.89 bits per heavy atom. The fourth-order valence-electron chi connectivity index (χ4n) is 6.16. The molecule has 0 bridgehead atoms. The highest BCUT2D eigenvalue weighted by Gasteiger charge is 2.58. The minimum absolute atomic E-state index is 0.0809. The van der Waals surface area contributed by atoms with Crippen LogP contribution >= 0.6 is 0 Å². The van der Waals surface area contributed by atoms with Gasteiger partial charge in [0.2, 0.25) is 0 Å². The Morgan fingerprint density at radius 2 is 2.14 bits per heavy atom. The van der Waals surface area contributed by atoms with E-state index in [9.17, 15) is 15.2 Å². The van der Waals surface area contributed by atoms with Crippen LogP contribution < -0.4 is 10.1 Å². The number of benzene rings is 2. The smallest absolute Gasteiger partial charge is 0.322 e. The van der Waals surface area contributed by atoms with Gasteiger partial charge in [-0.1, -0.05) is 18.2 Å². The van der Waals surface area contributed by atoms with Crippen molar-refractivity contribution >= 4 is 11.7 Å². The van der Waals surface area contributed by atoms with Gasteiger partial charge in [0.25, 0.3) is 0 Å². The number of β-amino-alcohol motifs (C(OH)–C–C–N with tert-alkyl or cyclic N) is 1. The molecule has 2 amide bonds. The van der Waals surface area contributed by atoms with Gasteiger partial charge in [0.1, 0.15) is 5.75 Å². The first-order valence-electron chi connectivity index (χ1n) is 12.6. The summed E-state index contributed by atoms with van der Waals surface area (Å²) in [5.41, 5.74) is 2.88. The number of carbonyl (C=O) groups excluding carboxylic acids is 1. The van der Waals surface area contributed by atoms with Gasteiger partial charge in [-0.2, -0.15) is 5.26 Å². The van der Waals surface area contributed by atoms with Crippen molar-refractivity contribution in [1.82, 2.24) is 9.80 Å². The second-order valence-corrected chi connectivity index (χ2v) is 10.3. The number of nitriles is 1.